The van der Waals surface area contributed by atoms with E-state index in [2.05, 4.69) is 5.32 Å². The first-order valence-corrected chi connectivity index (χ1v) is 9.65. The summed E-state index contributed by atoms with van der Waals surface area (Å²) in [6.07, 6.45) is 8.77. The fraction of sp³-hybridized carbons (Fsp3) is 0.571. The maximum Gasteiger partial charge on any atom is 0.251 e. The summed E-state index contributed by atoms with van der Waals surface area (Å²) >= 11 is 0. The second-order valence-electron chi connectivity index (χ2n) is 8.35. The van der Waals surface area contributed by atoms with Gasteiger partial charge in [0, 0.05) is 17.6 Å². The van der Waals surface area contributed by atoms with Gasteiger partial charge in [0.05, 0.1) is 0 Å². The van der Waals surface area contributed by atoms with Crippen LogP contribution >= 0.6 is 12.4 Å². The second kappa shape index (κ2) is 8.19. The van der Waals surface area contributed by atoms with Gasteiger partial charge < -0.3 is 15.8 Å². The molecule has 1 amide bonds. The van der Waals surface area contributed by atoms with Crippen molar-refractivity contribution in [1.29, 1.82) is 0 Å². The van der Waals surface area contributed by atoms with Gasteiger partial charge >= 0.3 is 0 Å². The maximum absolute atomic E-state index is 13.3. The molecule has 0 aliphatic heterocycles. The normalized spacial score (nSPS) is 31.3. The number of nitrogens with one attached hydrogen (secondary N) is 1. The van der Waals surface area contributed by atoms with Crippen molar-refractivity contribution >= 4 is 18.3 Å². The van der Waals surface area contributed by atoms with Gasteiger partial charge in [-0.3, -0.25) is 4.79 Å². The minimum Gasteiger partial charge on any atom is -0.487 e. The number of amides is 1. The number of nitrogens with two attached hydrogens (primary N) is 1. The Labute approximate surface area is 166 Å². The molecule has 4 bridgehead atoms. The molecule has 0 aromatic heterocycles. The number of ether oxygens (including phenoxy) is 1. The van der Waals surface area contributed by atoms with Gasteiger partial charge in [-0.1, -0.05) is 0 Å². The average molecular weight is 395 g/mol. The third kappa shape index (κ3) is 4.46. The standard InChI is InChI=1S/C21H27FN2O2.ClH/c22-18(5-6-23)13-26-19-3-1-17(2-4-19)20(25)24-21-10-14-7-15(11-21)9-16(8-14)12-21;/h1-5,14-16H,6-13,23H2,(H,24,25);1H/b18-5+;. The highest BCUT2D eigenvalue weighted by molar-refractivity contribution is 5.94. The van der Waals surface area contributed by atoms with Gasteiger partial charge in [0.15, 0.2) is 0 Å². The Morgan fingerprint density at radius 1 is 1.15 bits per heavy atom. The number of carbonyl (C=O) groups is 1. The van der Waals surface area contributed by atoms with E-state index in [1.807, 2.05) is 0 Å². The van der Waals surface area contributed by atoms with Crippen molar-refractivity contribution in [2.24, 2.45) is 23.5 Å². The molecule has 148 valence electrons. The summed E-state index contributed by atoms with van der Waals surface area (Å²) in [7, 11) is 0. The first kappa shape index (κ1) is 20.2. The fourth-order valence-electron chi connectivity index (χ4n) is 5.62. The predicted octanol–water partition coefficient (Wildman–Crippen LogP) is 4.00. The van der Waals surface area contributed by atoms with Crippen molar-refractivity contribution in [2.45, 2.75) is 44.1 Å². The van der Waals surface area contributed by atoms with E-state index in [4.69, 9.17) is 10.5 Å². The number of hydrogen-bond donors (Lipinski definition) is 2. The Bertz CT molecular complexity index is 669. The molecule has 0 saturated heterocycles. The first-order valence-electron chi connectivity index (χ1n) is 9.65. The minimum absolute atomic E-state index is 0. The van der Waals surface area contributed by atoms with Crippen molar-refractivity contribution < 1.29 is 13.9 Å². The van der Waals surface area contributed by atoms with Crippen molar-refractivity contribution in [3.8, 4) is 5.75 Å². The van der Waals surface area contributed by atoms with Gasteiger partial charge in [-0.25, -0.2) is 4.39 Å². The molecule has 4 aliphatic carbocycles. The molecule has 0 heterocycles. The van der Waals surface area contributed by atoms with Crippen molar-refractivity contribution in [1.82, 2.24) is 5.32 Å². The average Bonchev–Trinajstić information content (AvgIpc) is 2.59. The third-order valence-electron chi connectivity index (χ3n) is 6.25. The van der Waals surface area contributed by atoms with Crippen LogP contribution in [0.25, 0.3) is 0 Å². The summed E-state index contributed by atoms with van der Waals surface area (Å²) in [6, 6.07) is 6.92. The zero-order valence-corrected chi connectivity index (χ0v) is 16.3. The highest BCUT2D eigenvalue weighted by Crippen LogP contribution is 2.55. The molecule has 5 rings (SSSR count). The molecule has 4 fully saturated rings. The highest BCUT2D eigenvalue weighted by atomic mass is 35.5. The van der Waals surface area contributed by atoms with Crippen LogP contribution < -0.4 is 15.8 Å². The van der Waals surface area contributed by atoms with Crippen LogP contribution in [0.2, 0.25) is 0 Å². The van der Waals surface area contributed by atoms with Crippen LogP contribution in [0.3, 0.4) is 0 Å². The SMILES string of the molecule is Cl.NC/C=C(/F)COc1ccc(C(=O)NC23CC4CC(CC(C4)C2)C3)cc1. The van der Waals surface area contributed by atoms with Crippen molar-refractivity contribution in [3.05, 3.63) is 41.7 Å². The molecule has 0 unspecified atom stereocenters. The summed E-state index contributed by atoms with van der Waals surface area (Å²) in [5.74, 6) is 2.54. The molecule has 6 heteroatoms. The highest BCUT2D eigenvalue weighted by Gasteiger charge is 2.51. The predicted molar refractivity (Wildman–Crippen MR) is 106 cm³/mol. The van der Waals surface area contributed by atoms with Crippen LogP contribution in [0.15, 0.2) is 36.2 Å². The van der Waals surface area contributed by atoms with Gasteiger partial charge in [-0.2, -0.15) is 0 Å². The molecule has 3 N–H and O–H groups in total. The molecular formula is C21H28ClFN2O2. The topological polar surface area (TPSA) is 64.3 Å². The summed E-state index contributed by atoms with van der Waals surface area (Å²) in [4.78, 5) is 12.8. The largest absolute Gasteiger partial charge is 0.487 e. The lowest BCUT2D eigenvalue weighted by Gasteiger charge is -2.56. The Hall–Kier alpha value is -1.59. The van der Waals surface area contributed by atoms with E-state index < -0.39 is 5.83 Å². The zero-order chi connectivity index (χ0) is 18.1. The molecule has 0 radical (unpaired) electrons. The smallest absolute Gasteiger partial charge is 0.251 e. The number of hydrogen-bond acceptors (Lipinski definition) is 3. The van der Waals surface area contributed by atoms with Gasteiger partial charge in [0.25, 0.3) is 5.91 Å². The summed E-state index contributed by atoms with van der Waals surface area (Å²) in [5.41, 5.74) is 5.90. The Kier molecular flexibility index (Phi) is 6.11. The van der Waals surface area contributed by atoms with Crippen LogP contribution in [0.4, 0.5) is 4.39 Å². The first-order chi connectivity index (χ1) is 12.5. The summed E-state index contributed by atoms with van der Waals surface area (Å²) in [6.45, 7) is 0.00857. The summed E-state index contributed by atoms with van der Waals surface area (Å²) in [5, 5.41) is 3.36. The fourth-order valence-corrected chi connectivity index (χ4v) is 5.62. The van der Waals surface area contributed by atoms with E-state index in [0.29, 0.717) is 11.3 Å². The molecule has 0 spiro atoms. The lowest BCUT2D eigenvalue weighted by molar-refractivity contribution is -0.0167. The lowest BCUT2D eigenvalue weighted by Crippen LogP contribution is -2.59. The maximum atomic E-state index is 13.3. The van der Waals surface area contributed by atoms with E-state index in [0.717, 1.165) is 37.0 Å². The third-order valence-corrected chi connectivity index (χ3v) is 6.25. The molecule has 0 atom stereocenters. The molecule has 4 saturated carbocycles. The number of halogens is 2. The van der Waals surface area contributed by atoms with E-state index in [1.54, 1.807) is 24.3 Å². The van der Waals surface area contributed by atoms with Crippen LogP contribution in [0.1, 0.15) is 48.9 Å². The van der Waals surface area contributed by atoms with Crippen molar-refractivity contribution in [2.75, 3.05) is 13.2 Å². The van der Waals surface area contributed by atoms with Gasteiger partial charge in [0.2, 0.25) is 0 Å². The quantitative estimate of drug-likeness (QED) is 0.766. The van der Waals surface area contributed by atoms with Crippen LogP contribution in [0, 0.1) is 17.8 Å². The lowest BCUT2D eigenvalue weighted by atomic mass is 9.53. The molecule has 1 aromatic carbocycles. The van der Waals surface area contributed by atoms with Gasteiger partial charge in [-0.05, 0) is 86.6 Å². The number of rotatable bonds is 6. The van der Waals surface area contributed by atoms with E-state index >= 15 is 0 Å². The van der Waals surface area contributed by atoms with E-state index in [-0.39, 0.29) is 37.0 Å². The van der Waals surface area contributed by atoms with E-state index in [9.17, 15) is 9.18 Å². The number of carbonyl (C=O) groups excluding carboxylic acids is 1. The second-order valence-corrected chi connectivity index (χ2v) is 8.35. The van der Waals surface area contributed by atoms with Crippen molar-refractivity contribution in [3.63, 3.8) is 0 Å². The Morgan fingerprint density at radius 2 is 1.70 bits per heavy atom. The van der Waals surface area contributed by atoms with Crippen LogP contribution in [-0.2, 0) is 0 Å². The Morgan fingerprint density at radius 3 is 2.22 bits per heavy atom. The van der Waals surface area contributed by atoms with Crippen LogP contribution in [-0.4, -0.2) is 24.6 Å². The van der Waals surface area contributed by atoms with Crippen LogP contribution in [0.5, 0.6) is 5.75 Å². The zero-order valence-electron chi connectivity index (χ0n) is 15.5. The van der Waals surface area contributed by atoms with E-state index in [1.165, 1.54) is 25.3 Å². The molecule has 4 nitrogen and oxygen atoms in total. The van der Waals surface area contributed by atoms with Gasteiger partial charge in [0.1, 0.15) is 18.2 Å². The molecule has 27 heavy (non-hydrogen) atoms. The monoisotopic (exact) mass is 394 g/mol. The van der Waals surface area contributed by atoms with Gasteiger partial charge in [-0.15, -0.1) is 12.4 Å². The molecular weight excluding hydrogens is 367 g/mol. The Balaban J connectivity index is 0.00000210. The minimum atomic E-state index is -0.392. The molecule has 1 aromatic rings. The summed E-state index contributed by atoms with van der Waals surface area (Å²) < 4.78 is 18.7. The molecule has 4 aliphatic rings. The number of benzene rings is 1.